The van der Waals surface area contributed by atoms with E-state index in [1.807, 2.05) is 18.2 Å². The van der Waals surface area contributed by atoms with E-state index in [0.717, 1.165) is 17.7 Å². The number of carbonyl (C=O) groups is 1. The van der Waals surface area contributed by atoms with Gasteiger partial charge in [0.05, 0.1) is 11.3 Å². The van der Waals surface area contributed by atoms with Crippen molar-refractivity contribution < 1.29 is 9.32 Å². The predicted octanol–water partition coefficient (Wildman–Crippen LogP) is 3.44. The van der Waals surface area contributed by atoms with Crippen LogP contribution in [0.3, 0.4) is 0 Å². The summed E-state index contributed by atoms with van der Waals surface area (Å²) in [6, 6.07) is 8.19. The first kappa shape index (κ1) is 14.6. The van der Waals surface area contributed by atoms with Gasteiger partial charge in [0.1, 0.15) is 5.76 Å². The van der Waals surface area contributed by atoms with E-state index in [-0.39, 0.29) is 11.3 Å². The van der Waals surface area contributed by atoms with Gasteiger partial charge in [0.2, 0.25) is 0 Å². The fourth-order valence-electron chi connectivity index (χ4n) is 3.04. The van der Waals surface area contributed by atoms with Gasteiger partial charge in [-0.2, -0.15) is 0 Å². The molecule has 2 aromatic rings. The highest BCUT2D eigenvalue weighted by atomic mass is 16.5. The molecule has 0 radical (unpaired) electrons. The standard InChI is InChI=1S/C18H20N2O2/c1-11-17(12(2)22-20-11)16(21)9-15-14-8-6-5-7-13(14)10-18(3,4)19-15/h5-9,19H,10H2,1-4H3. The topological polar surface area (TPSA) is 55.1 Å². The van der Waals surface area contributed by atoms with Gasteiger partial charge in [-0.05, 0) is 39.7 Å². The van der Waals surface area contributed by atoms with Gasteiger partial charge in [-0.1, -0.05) is 29.4 Å². The number of nitrogens with one attached hydrogen (secondary N) is 1. The molecule has 0 atom stereocenters. The van der Waals surface area contributed by atoms with Crippen LogP contribution in [0.4, 0.5) is 0 Å². The quantitative estimate of drug-likeness (QED) is 0.681. The maximum atomic E-state index is 12.6. The minimum absolute atomic E-state index is 0.0775. The molecule has 0 unspecified atom stereocenters. The Bertz CT molecular complexity index is 750. The maximum Gasteiger partial charge on any atom is 0.193 e. The Morgan fingerprint density at radius 3 is 2.73 bits per heavy atom. The Balaban J connectivity index is 2.06. The fraction of sp³-hybridized carbons (Fsp3) is 0.333. The highest BCUT2D eigenvalue weighted by Gasteiger charge is 2.28. The third-order valence-electron chi connectivity index (χ3n) is 3.97. The van der Waals surface area contributed by atoms with Crippen molar-refractivity contribution in [2.45, 2.75) is 39.7 Å². The molecule has 1 aliphatic rings. The van der Waals surface area contributed by atoms with Gasteiger partial charge in [0, 0.05) is 22.9 Å². The summed E-state index contributed by atoms with van der Waals surface area (Å²) in [5.41, 5.74) is 4.29. The summed E-state index contributed by atoms with van der Waals surface area (Å²) in [7, 11) is 0. The van der Waals surface area contributed by atoms with Gasteiger partial charge < -0.3 is 9.84 Å². The smallest absolute Gasteiger partial charge is 0.193 e. The highest BCUT2D eigenvalue weighted by molar-refractivity contribution is 6.09. The number of rotatable bonds is 2. The zero-order valence-corrected chi connectivity index (χ0v) is 13.4. The minimum Gasteiger partial charge on any atom is -0.379 e. The lowest BCUT2D eigenvalue weighted by molar-refractivity contribution is 0.104. The lowest BCUT2D eigenvalue weighted by Gasteiger charge is -2.35. The molecular formula is C18H20N2O2. The van der Waals surface area contributed by atoms with Crippen molar-refractivity contribution in [3.63, 3.8) is 0 Å². The fourth-order valence-corrected chi connectivity index (χ4v) is 3.04. The molecule has 0 saturated heterocycles. The number of nitrogens with zero attached hydrogens (tertiary/aromatic N) is 1. The van der Waals surface area contributed by atoms with E-state index in [0.29, 0.717) is 17.0 Å². The van der Waals surface area contributed by atoms with Crippen LogP contribution in [0.2, 0.25) is 0 Å². The van der Waals surface area contributed by atoms with Crippen molar-refractivity contribution >= 4 is 11.5 Å². The first-order valence-electron chi connectivity index (χ1n) is 7.43. The molecule has 0 saturated carbocycles. The second kappa shape index (κ2) is 5.13. The van der Waals surface area contributed by atoms with Crippen molar-refractivity contribution in [2.75, 3.05) is 0 Å². The third-order valence-corrected chi connectivity index (χ3v) is 3.97. The largest absolute Gasteiger partial charge is 0.379 e. The van der Waals surface area contributed by atoms with Crippen molar-refractivity contribution in [3.05, 3.63) is 58.5 Å². The number of hydrogen-bond acceptors (Lipinski definition) is 4. The summed E-state index contributed by atoms with van der Waals surface area (Å²) < 4.78 is 5.10. The molecule has 114 valence electrons. The van der Waals surface area contributed by atoms with Crippen LogP contribution >= 0.6 is 0 Å². The number of allylic oxidation sites excluding steroid dienone is 1. The molecule has 3 rings (SSSR count). The van der Waals surface area contributed by atoms with E-state index in [2.05, 4.69) is 30.4 Å². The molecule has 4 heteroatoms. The third kappa shape index (κ3) is 2.56. The normalized spacial score (nSPS) is 17.9. The van der Waals surface area contributed by atoms with Crippen LogP contribution in [-0.2, 0) is 6.42 Å². The zero-order chi connectivity index (χ0) is 15.9. The molecule has 22 heavy (non-hydrogen) atoms. The van der Waals surface area contributed by atoms with Crippen molar-refractivity contribution in [2.24, 2.45) is 0 Å². The number of ketones is 1. The van der Waals surface area contributed by atoms with E-state index in [9.17, 15) is 4.79 Å². The summed E-state index contributed by atoms with van der Waals surface area (Å²) in [4.78, 5) is 12.6. The molecular weight excluding hydrogens is 276 g/mol. The van der Waals surface area contributed by atoms with Gasteiger partial charge in [-0.25, -0.2) is 0 Å². The summed E-state index contributed by atoms with van der Waals surface area (Å²) in [6.45, 7) is 7.82. The Morgan fingerprint density at radius 1 is 1.32 bits per heavy atom. The Hall–Kier alpha value is -2.36. The molecule has 1 aromatic heterocycles. The number of benzene rings is 1. The van der Waals surface area contributed by atoms with Gasteiger partial charge >= 0.3 is 0 Å². The first-order valence-corrected chi connectivity index (χ1v) is 7.43. The number of fused-ring (bicyclic) bond motifs is 1. The second-order valence-electron chi connectivity index (χ2n) is 6.46. The Kier molecular flexibility index (Phi) is 3.39. The molecule has 0 bridgehead atoms. The lowest BCUT2D eigenvalue weighted by atomic mass is 9.85. The average Bonchev–Trinajstić information content (AvgIpc) is 2.77. The van der Waals surface area contributed by atoms with Crippen LogP contribution in [-0.4, -0.2) is 16.5 Å². The van der Waals surface area contributed by atoms with Crippen LogP contribution in [0.15, 0.2) is 34.9 Å². The number of aryl methyl sites for hydroxylation is 2. The molecule has 1 N–H and O–H groups in total. The minimum atomic E-state index is -0.0841. The SMILES string of the molecule is Cc1noc(C)c1C(=O)C=C1NC(C)(C)Cc2ccccc21. The van der Waals surface area contributed by atoms with Gasteiger partial charge in [-0.3, -0.25) is 4.79 Å². The molecule has 1 aromatic carbocycles. The summed E-state index contributed by atoms with van der Waals surface area (Å²) in [5, 5.41) is 7.33. The molecule has 2 heterocycles. The molecule has 0 spiro atoms. The number of aromatic nitrogens is 1. The predicted molar refractivity (Wildman–Crippen MR) is 85.6 cm³/mol. The molecule has 1 aliphatic heterocycles. The van der Waals surface area contributed by atoms with E-state index < -0.39 is 0 Å². The van der Waals surface area contributed by atoms with Crippen molar-refractivity contribution in [1.29, 1.82) is 0 Å². The molecule has 0 aliphatic carbocycles. The summed E-state index contributed by atoms with van der Waals surface area (Å²) in [5.74, 6) is 0.481. The monoisotopic (exact) mass is 296 g/mol. The van der Waals surface area contributed by atoms with Crippen LogP contribution in [0.25, 0.3) is 5.70 Å². The van der Waals surface area contributed by atoms with E-state index in [1.54, 1.807) is 19.9 Å². The van der Waals surface area contributed by atoms with E-state index >= 15 is 0 Å². The lowest BCUT2D eigenvalue weighted by Crippen LogP contribution is -2.43. The van der Waals surface area contributed by atoms with Gasteiger partial charge in [0.25, 0.3) is 0 Å². The highest BCUT2D eigenvalue weighted by Crippen LogP contribution is 2.30. The zero-order valence-electron chi connectivity index (χ0n) is 13.4. The van der Waals surface area contributed by atoms with Gasteiger partial charge in [0.15, 0.2) is 5.78 Å². The molecule has 0 amide bonds. The summed E-state index contributed by atoms with van der Waals surface area (Å²) in [6.07, 6.45) is 2.59. The second-order valence-corrected chi connectivity index (χ2v) is 6.46. The van der Waals surface area contributed by atoms with Crippen LogP contribution in [0.1, 0.15) is 46.8 Å². The van der Waals surface area contributed by atoms with Crippen molar-refractivity contribution in [3.8, 4) is 0 Å². The van der Waals surface area contributed by atoms with E-state index in [4.69, 9.17) is 4.52 Å². The average molecular weight is 296 g/mol. The van der Waals surface area contributed by atoms with Crippen LogP contribution in [0, 0.1) is 13.8 Å². The number of carbonyl (C=O) groups excluding carboxylic acids is 1. The number of hydrogen-bond donors (Lipinski definition) is 1. The van der Waals surface area contributed by atoms with Crippen LogP contribution < -0.4 is 5.32 Å². The van der Waals surface area contributed by atoms with Crippen molar-refractivity contribution in [1.82, 2.24) is 10.5 Å². The van der Waals surface area contributed by atoms with E-state index in [1.165, 1.54) is 5.56 Å². The first-order chi connectivity index (χ1) is 10.4. The molecule has 0 fully saturated rings. The van der Waals surface area contributed by atoms with Gasteiger partial charge in [-0.15, -0.1) is 0 Å². The summed E-state index contributed by atoms with van der Waals surface area (Å²) >= 11 is 0. The Morgan fingerprint density at radius 2 is 2.05 bits per heavy atom. The Labute approximate surface area is 130 Å². The molecule has 4 nitrogen and oxygen atoms in total. The van der Waals surface area contributed by atoms with Crippen LogP contribution in [0.5, 0.6) is 0 Å². The maximum absolute atomic E-state index is 12.6.